The Balaban J connectivity index is 1.73. The van der Waals surface area contributed by atoms with Crippen LogP contribution in [0.4, 0.5) is 11.4 Å². The van der Waals surface area contributed by atoms with Crippen molar-refractivity contribution in [2.75, 3.05) is 16.8 Å². The summed E-state index contributed by atoms with van der Waals surface area (Å²) in [5.74, 6) is -0.712. The van der Waals surface area contributed by atoms with Crippen molar-refractivity contribution in [1.29, 1.82) is 5.26 Å². The predicted molar refractivity (Wildman–Crippen MR) is 99.1 cm³/mol. The van der Waals surface area contributed by atoms with E-state index in [1.807, 2.05) is 31.2 Å². The van der Waals surface area contributed by atoms with Crippen molar-refractivity contribution in [3.8, 4) is 6.07 Å². The van der Waals surface area contributed by atoms with Gasteiger partial charge < -0.3 is 10.2 Å². The molecule has 3 rings (SSSR count). The molecular formula is C19H16BrN3O2. The Morgan fingerprint density at radius 1 is 1.32 bits per heavy atom. The highest BCUT2D eigenvalue weighted by Gasteiger charge is 2.35. The molecule has 25 heavy (non-hydrogen) atoms. The van der Waals surface area contributed by atoms with E-state index in [2.05, 4.69) is 21.2 Å². The quantitative estimate of drug-likeness (QED) is 0.859. The minimum atomic E-state index is -0.425. The molecule has 0 aromatic heterocycles. The smallest absolute Gasteiger partial charge is 0.229 e. The number of nitriles is 1. The van der Waals surface area contributed by atoms with Crippen LogP contribution in [0.1, 0.15) is 17.5 Å². The zero-order valence-electron chi connectivity index (χ0n) is 13.6. The number of nitrogens with zero attached hydrogens (tertiary/aromatic N) is 2. The van der Waals surface area contributed by atoms with Gasteiger partial charge in [-0.25, -0.2) is 0 Å². The predicted octanol–water partition coefficient (Wildman–Crippen LogP) is 3.62. The molecule has 2 aromatic carbocycles. The van der Waals surface area contributed by atoms with E-state index in [1.165, 1.54) is 0 Å². The lowest BCUT2D eigenvalue weighted by Gasteiger charge is -2.18. The summed E-state index contributed by atoms with van der Waals surface area (Å²) in [7, 11) is 0. The van der Waals surface area contributed by atoms with Gasteiger partial charge in [0.2, 0.25) is 11.8 Å². The highest BCUT2D eigenvalue weighted by Crippen LogP contribution is 2.32. The van der Waals surface area contributed by atoms with Crippen LogP contribution in [0.25, 0.3) is 0 Å². The molecule has 0 spiro atoms. The van der Waals surface area contributed by atoms with Crippen LogP contribution in [0.3, 0.4) is 0 Å². The molecule has 2 aromatic rings. The first-order chi connectivity index (χ1) is 12.0. The van der Waals surface area contributed by atoms with E-state index in [0.29, 0.717) is 17.8 Å². The van der Waals surface area contributed by atoms with Gasteiger partial charge in [0, 0.05) is 23.1 Å². The van der Waals surface area contributed by atoms with Gasteiger partial charge in [0.05, 0.1) is 23.2 Å². The zero-order valence-corrected chi connectivity index (χ0v) is 15.2. The fourth-order valence-electron chi connectivity index (χ4n) is 2.86. The SMILES string of the molecule is Cc1ccc(N2CC(C(=O)Nc3cccc(C#N)c3)CC2=O)c(Br)c1. The van der Waals surface area contributed by atoms with E-state index in [9.17, 15) is 9.59 Å². The first-order valence-corrected chi connectivity index (χ1v) is 8.65. The summed E-state index contributed by atoms with van der Waals surface area (Å²) in [5.41, 5.74) is 2.91. The van der Waals surface area contributed by atoms with Crippen LogP contribution in [0.5, 0.6) is 0 Å². The molecule has 1 saturated heterocycles. The van der Waals surface area contributed by atoms with Crippen LogP contribution in [-0.4, -0.2) is 18.4 Å². The Bertz CT molecular complexity index is 888. The van der Waals surface area contributed by atoms with Crippen LogP contribution in [0, 0.1) is 24.2 Å². The number of anilines is 2. The fourth-order valence-corrected chi connectivity index (χ4v) is 3.56. The molecule has 2 amide bonds. The van der Waals surface area contributed by atoms with Crippen molar-refractivity contribution < 1.29 is 9.59 Å². The molecule has 1 unspecified atom stereocenters. The Morgan fingerprint density at radius 2 is 2.12 bits per heavy atom. The topological polar surface area (TPSA) is 73.2 Å². The minimum Gasteiger partial charge on any atom is -0.326 e. The Hall–Kier alpha value is -2.65. The van der Waals surface area contributed by atoms with Gasteiger partial charge in [0.25, 0.3) is 0 Å². The van der Waals surface area contributed by atoms with Gasteiger partial charge in [0.15, 0.2) is 0 Å². The van der Waals surface area contributed by atoms with E-state index in [0.717, 1.165) is 15.7 Å². The molecule has 1 fully saturated rings. The second-order valence-corrected chi connectivity index (χ2v) is 6.90. The molecule has 126 valence electrons. The molecule has 1 heterocycles. The van der Waals surface area contributed by atoms with E-state index < -0.39 is 5.92 Å². The van der Waals surface area contributed by atoms with Crippen LogP contribution in [0.15, 0.2) is 46.9 Å². The normalized spacial score (nSPS) is 16.6. The number of halogens is 1. The molecule has 1 atom stereocenters. The molecule has 5 nitrogen and oxygen atoms in total. The molecule has 6 heteroatoms. The summed E-state index contributed by atoms with van der Waals surface area (Å²) in [5, 5.41) is 11.7. The second-order valence-electron chi connectivity index (χ2n) is 6.04. The first kappa shape index (κ1) is 17.2. The van der Waals surface area contributed by atoms with Crippen molar-refractivity contribution in [2.24, 2.45) is 5.92 Å². The van der Waals surface area contributed by atoms with E-state index >= 15 is 0 Å². The van der Waals surface area contributed by atoms with Crippen LogP contribution >= 0.6 is 15.9 Å². The van der Waals surface area contributed by atoms with Crippen LogP contribution in [0.2, 0.25) is 0 Å². The molecule has 0 bridgehead atoms. The summed E-state index contributed by atoms with van der Waals surface area (Å²) < 4.78 is 0.837. The highest BCUT2D eigenvalue weighted by molar-refractivity contribution is 9.10. The number of amides is 2. The monoisotopic (exact) mass is 397 g/mol. The van der Waals surface area contributed by atoms with Crippen LogP contribution in [-0.2, 0) is 9.59 Å². The maximum Gasteiger partial charge on any atom is 0.229 e. The molecule has 1 aliphatic heterocycles. The summed E-state index contributed by atoms with van der Waals surface area (Å²) in [6.45, 7) is 2.32. The average molecular weight is 398 g/mol. The fraction of sp³-hybridized carbons (Fsp3) is 0.211. The number of benzene rings is 2. The third-order valence-electron chi connectivity index (χ3n) is 4.15. The van der Waals surface area contributed by atoms with E-state index in [4.69, 9.17) is 5.26 Å². The van der Waals surface area contributed by atoms with Gasteiger partial charge >= 0.3 is 0 Å². The van der Waals surface area contributed by atoms with Crippen molar-refractivity contribution >= 4 is 39.1 Å². The van der Waals surface area contributed by atoms with Gasteiger partial charge in [-0.3, -0.25) is 9.59 Å². The van der Waals surface area contributed by atoms with Gasteiger partial charge in [-0.15, -0.1) is 0 Å². The number of rotatable bonds is 3. The maximum absolute atomic E-state index is 12.5. The number of carbonyl (C=O) groups is 2. The van der Waals surface area contributed by atoms with Crippen molar-refractivity contribution in [2.45, 2.75) is 13.3 Å². The Labute approximate surface area is 154 Å². The molecule has 1 aliphatic rings. The number of nitrogens with one attached hydrogen (secondary N) is 1. The Morgan fingerprint density at radius 3 is 2.84 bits per heavy atom. The number of carbonyl (C=O) groups excluding carboxylic acids is 2. The third kappa shape index (κ3) is 3.72. The molecule has 0 aliphatic carbocycles. The largest absolute Gasteiger partial charge is 0.326 e. The lowest BCUT2D eigenvalue weighted by Crippen LogP contribution is -2.28. The van der Waals surface area contributed by atoms with Gasteiger partial charge in [-0.2, -0.15) is 5.26 Å². The summed E-state index contributed by atoms with van der Waals surface area (Å²) in [4.78, 5) is 26.5. The second kappa shape index (κ2) is 7.08. The minimum absolute atomic E-state index is 0.0736. The Kier molecular flexibility index (Phi) is 4.86. The van der Waals surface area contributed by atoms with Gasteiger partial charge in [-0.1, -0.05) is 12.1 Å². The van der Waals surface area contributed by atoms with Crippen LogP contribution < -0.4 is 10.2 Å². The third-order valence-corrected chi connectivity index (χ3v) is 4.78. The molecule has 0 saturated carbocycles. The maximum atomic E-state index is 12.5. The average Bonchev–Trinajstić information content (AvgIpc) is 2.97. The van der Waals surface area contributed by atoms with Gasteiger partial charge in [-0.05, 0) is 58.7 Å². The lowest BCUT2D eigenvalue weighted by molar-refractivity contribution is -0.122. The number of hydrogen-bond donors (Lipinski definition) is 1. The van der Waals surface area contributed by atoms with Crippen molar-refractivity contribution in [1.82, 2.24) is 0 Å². The lowest BCUT2D eigenvalue weighted by atomic mass is 10.1. The van der Waals surface area contributed by atoms with Crippen molar-refractivity contribution in [3.63, 3.8) is 0 Å². The summed E-state index contributed by atoms with van der Waals surface area (Å²) in [6.07, 6.45) is 0.171. The highest BCUT2D eigenvalue weighted by atomic mass is 79.9. The first-order valence-electron chi connectivity index (χ1n) is 7.85. The van der Waals surface area contributed by atoms with Gasteiger partial charge in [0.1, 0.15) is 0 Å². The van der Waals surface area contributed by atoms with Crippen molar-refractivity contribution in [3.05, 3.63) is 58.1 Å². The zero-order chi connectivity index (χ0) is 18.0. The summed E-state index contributed by atoms with van der Waals surface area (Å²) in [6, 6.07) is 14.5. The molecule has 1 N–H and O–H groups in total. The molecule has 0 radical (unpaired) electrons. The standard InChI is InChI=1S/C19H16BrN3O2/c1-12-5-6-17(16(20)7-12)23-11-14(9-18(23)24)19(25)22-15-4-2-3-13(8-15)10-21/h2-8,14H,9,11H2,1H3,(H,22,25). The molecular weight excluding hydrogens is 382 g/mol. The number of aryl methyl sites for hydroxylation is 1. The summed E-state index contributed by atoms with van der Waals surface area (Å²) >= 11 is 3.49. The van der Waals surface area contributed by atoms with E-state index in [1.54, 1.807) is 29.2 Å². The van der Waals surface area contributed by atoms with E-state index in [-0.39, 0.29) is 18.2 Å². The number of hydrogen-bond acceptors (Lipinski definition) is 3.